The molecule has 1 aliphatic rings. The lowest BCUT2D eigenvalue weighted by atomic mass is 10.1. The van der Waals surface area contributed by atoms with Crippen molar-refractivity contribution in [3.63, 3.8) is 0 Å². The molecule has 0 bridgehead atoms. The standard InChI is InChI=1S/C16H23N3O4/c1-16(2,3)17-13-11-12(7-8-14(13)19(21)22)23-15(20)18-9-5-4-6-10-18/h7-8,11,17H,4-6,9-10H2,1-3H3. The number of nitro groups is 1. The highest BCUT2D eigenvalue weighted by atomic mass is 16.6. The smallest absolute Gasteiger partial charge is 0.410 e. The molecular weight excluding hydrogens is 298 g/mol. The predicted molar refractivity (Wildman–Crippen MR) is 87.9 cm³/mol. The van der Waals surface area contributed by atoms with Crippen molar-refractivity contribution in [3.05, 3.63) is 28.3 Å². The van der Waals surface area contributed by atoms with Crippen molar-refractivity contribution in [3.8, 4) is 5.75 Å². The maximum atomic E-state index is 12.1. The molecular formula is C16H23N3O4. The number of nitrogens with zero attached hydrogens (tertiary/aromatic N) is 2. The molecule has 1 heterocycles. The maximum absolute atomic E-state index is 12.1. The van der Waals surface area contributed by atoms with Gasteiger partial charge in [-0.25, -0.2) is 4.79 Å². The number of amides is 1. The van der Waals surface area contributed by atoms with E-state index in [1.165, 1.54) is 18.2 Å². The number of anilines is 1. The summed E-state index contributed by atoms with van der Waals surface area (Å²) in [7, 11) is 0. The van der Waals surface area contributed by atoms with Gasteiger partial charge in [-0.15, -0.1) is 0 Å². The molecule has 1 aliphatic heterocycles. The zero-order valence-corrected chi connectivity index (χ0v) is 13.8. The number of carbonyl (C=O) groups excluding carboxylic acids is 1. The van der Waals surface area contributed by atoms with Crippen molar-refractivity contribution in [1.82, 2.24) is 4.90 Å². The first-order valence-electron chi connectivity index (χ1n) is 7.80. The van der Waals surface area contributed by atoms with Crippen LogP contribution in [0.15, 0.2) is 18.2 Å². The predicted octanol–water partition coefficient (Wildman–Crippen LogP) is 3.79. The largest absolute Gasteiger partial charge is 0.415 e. The van der Waals surface area contributed by atoms with E-state index in [0.29, 0.717) is 24.5 Å². The summed E-state index contributed by atoms with van der Waals surface area (Å²) in [4.78, 5) is 24.5. The summed E-state index contributed by atoms with van der Waals surface area (Å²) in [5, 5.41) is 14.2. The van der Waals surface area contributed by atoms with Gasteiger partial charge < -0.3 is 15.0 Å². The monoisotopic (exact) mass is 321 g/mol. The van der Waals surface area contributed by atoms with Crippen LogP contribution in [0, 0.1) is 10.1 Å². The lowest BCUT2D eigenvalue weighted by Gasteiger charge is -2.26. The Kier molecular flexibility index (Phi) is 5.08. The van der Waals surface area contributed by atoms with Gasteiger partial charge in [-0.3, -0.25) is 10.1 Å². The Bertz CT molecular complexity index is 589. The van der Waals surface area contributed by atoms with Crippen LogP contribution < -0.4 is 10.1 Å². The number of hydrogen-bond acceptors (Lipinski definition) is 5. The second-order valence-electron chi connectivity index (χ2n) is 6.73. The lowest BCUT2D eigenvalue weighted by molar-refractivity contribution is -0.384. The summed E-state index contributed by atoms with van der Waals surface area (Å²) in [6.07, 6.45) is 2.68. The number of benzene rings is 1. The fourth-order valence-electron chi connectivity index (χ4n) is 2.48. The van der Waals surface area contributed by atoms with Crippen LogP contribution in [0.2, 0.25) is 0 Å². The van der Waals surface area contributed by atoms with Gasteiger partial charge in [0, 0.05) is 30.8 Å². The summed E-state index contributed by atoms with van der Waals surface area (Å²) >= 11 is 0. The van der Waals surface area contributed by atoms with Crippen LogP contribution in [0.5, 0.6) is 5.75 Å². The fraction of sp³-hybridized carbons (Fsp3) is 0.562. The number of likely N-dealkylation sites (tertiary alicyclic amines) is 1. The summed E-state index contributed by atoms with van der Waals surface area (Å²) in [6, 6.07) is 4.31. The van der Waals surface area contributed by atoms with E-state index in [1.54, 1.807) is 4.90 Å². The highest BCUT2D eigenvalue weighted by Gasteiger charge is 2.22. The average molecular weight is 321 g/mol. The maximum Gasteiger partial charge on any atom is 0.415 e. The van der Waals surface area contributed by atoms with Crippen molar-refractivity contribution < 1.29 is 14.5 Å². The van der Waals surface area contributed by atoms with Gasteiger partial charge in [-0.05, 0) is 46.1 Å². The van der Waals surface area contributed by atoms with Crippen LogP contribution in [-0.2, 0) is 0 Å². The van der Waals surface area contributed by atoms with Crippen LogP contribution in [-0.4, -0.2) is 34.5 Å². The fourth-order valence-corrected chi connectivity index (χ4v) is 2.48. The quantitative estimate of drug-likeness (QED) is 0.676. The molecule has 1 saturated heterocycles. The highest BCUT2D eigenvalue weighted by Crippen LogP contribution is 2.31. The van der Waals surface area contributed by atoms with Gasteiger partial charge in [-0.2, -0.15) is 0 Å². The molecule has 1 N–H and O–H groups in total. The molecule has 0 unspecified atom stereocenters. The van der Waals surface area contributed by atoms with E-state index < -0.39 is 11.0 Å². The number of nitro benzene ring substituents is 1. The molecule has 7 nitrogen and oxygen atoms in total. The summed E-state index contributed by atoms with van der Waals surface area (Å²) in [6.45, 7) is 7.10. The van der Waals surface area contributed by atoms with E-state index in [1.807, 2.05) is 20.8 Å². The minimum Gasteiger partial charge on any atom is -0.410 e. The molecule has 126 valence electrons. The van der Waals surface area contributed by atoms with Gasteiger partial charge in [0.05, 0.1) is 4.92 Å². The molecule has 23 heavy (non-hydrogen) atoms. The van der Waals surface area contributed by atoms with Gasteiger partial charge in [0.15, 0.2) is 0 Å². The third kappa shape index (κ3) is 4.84. The first-order valence-corrected chi connectivity index (χ1v) is 7.80. The van der Waals surface area contributed by atoms with E-state index in [2.05, 4.69) is 5.32 Å². The first kappa shape index (κ1) is 17.1. The van der Waals surface area contributed by atoms with Gasteiger partial charge in [-0.1, -0.05) is 0 Å². The Balaban J connectivity index is 2.17. The first-order chi connectivity index (χ1) is 10.8. The Morgan fingerprint density at radius 1 is 1.26 bits per heavy atom. The zero-order valence-electron chi connectivity index (χ0n) is 13.8. The van der Waals surface area contributed by atoms with Crippen molar-refractivity contribution in [2.24, 2.45) is 0 Å². The zero-order chi connectivity index (χ0) is 17.0. The normalized spacial score (nSPS) is 15.2. The average Bonchev–Trinajstić information content (AvgIpc) is 2.46. The number of rotatable bonds is 3. The van der Waals surface area contributed by atoms with Crippen LogP contribution >= 0.6 is 0 Å². The molecule has 1 aromatic rings. The summed E-state index contributed by atoms with van der Waals surface area (Å²) in [5.74, 6) is 0.304. The minimum absolute atomic E-state index is 0.0438. The molecule has 1 fully saturated rings. The number of carbonyl (C=O) groups is 1. The van der Waals surface area contributed by atoms with Crippen LogP contribution in [0.3, 0.4) is 0 Å². The van der Waals surface area contributed by atoms with E-state index in [4.69, 9.17) is 4.74 Å². The Morgan fingerprint density at radius 3 is 2.48 bits per heavy atom. The molecule has 0 aliphatic carbocycles. The second kappa shape index (κ2) is 6.85. The molecule has 0 aromatic heterocycles. The molecule has 2 rings (SSSR count). The van der Waals surface area contributed by atoms with Gasteiger partial charge in [0.1, 0.15) is 11.4 Å². The van der Waals surface area contributed by atoms with Crippen molar-refractivity contribution >= 4 is 17.5 Å². The minimum atomic E-state index is -0.454. The topological polar surface area (TPSA) is 84.7 Å². The molecule has 7 heteroatoms. The lowest BCUT2D eigenvalue weighted by Crippen LogP contribution is -2.37. The van der Waals surface area contributed by atoms with Crippen LogP contribution in [0.1, 0.15) is 40.0 Å². The van der Waals surface area contributed by atoms with Gasteiger partial charge in [0.25, 0.3) is 5.69 Å². The number of piperidine rings is 1. The number of hydrogen-bond donors (Lipinski definition) is 1. The van der Waals surface area contributed by atoms with E-state index in [0.717, 1.165) is 19.3 Å². The Labute approximate surface area is 135 Å². The van der Waals surface area contributed by atoms with Crippen LogP contribution in [0.4, 0.5) is 16.2 Å². The molecule has 0 saturated carbocycles. The second-order valence-corrected chi connectivity index (χ2v) is 6.73. The third-order valence-corrected chi connectivity index (χ3v) is 3.49. The Morgan fingerprint density at radius 2 is 1.91 bits per heavy atom. The van der Waals surface area contributed by atoms with E-state index >= 15 is 0 Å². The highest BCUT2D eigenvalue weighted by molar-refractivity contribution is 5.73. The molecule has 0 atom stereocenters. The molecule has 0 spiro atoms. The van der Waals surface area contributed by atoms with E-state index in [9.17, 15) is 14.9 Å². The van der Waals surface area contributed by atoms with Crippen LogP contribution in [0.25, 0.3) is 0 Å². The van der Waals surface area contributed by atoms with Gasteiger partial charge >= 0.3 is 6.09 Å². The summed E-state index contributed by atoms with van der Waals surface area (Å²) in [5.41, 5.74) is -0.0515. The Hall–Kier alpha value is -2.31. The molecule has 1 aromatic carbocycles. The third-order valence-electron chi connectivity index (χ3n) is 3.49. The SMILES string of the molecule is CC(C)(C)Nc1cc(OC(=O)N2CCCCC2)ccc1[N+](=O)[O-]. The van der Waals surface area contributed by atoms with Crippen molar-refractivity contribution in [1.29, 1.82) is 0 Å². The number of nitrogens with one attached hydrogen (secondary N) is 1. The van der Waals surface area contributed by atoms with Gasteiger partial charge in [0.2, 0.25) is 0 Å². The number of ether oxygens (including phenoxy) is 1. The summed E-state index contributed by atoms with van der Waals surface area (Å²) < 4.78 is 5.37. The van der Waals surface area contributed by atoms with Crippen molar-refractivity contribution in [2.75, 3.05) is 18.4 Å². The van der Waals surface area contributed by atoms with E-state index in [-0.39, 0.29) is 11.2 Å². The van der Waals surface area contributed by atoms with Crippen molar-refractivity contribution in [2.45, 2.75) is 45.6 Å². The molecule has 1 amide bonds. The molecule has 0 radical (unpaired) electrons.